The van der Waals surface area contributed by atoms with E-state index in [9.17, 15) is 0 Å². The number of ether oxygens (including phenoxy) is 1. The van der Waals surface area contributed by atoms with Crippen LogP contribution in [0.25, 0.3) is 0 Å². The fraction of sp³-hybridized carbons (Fsp3) is 0.647. The zero-order valence-corrected chi connectivity index (χ0v) is 14.9. The van der Waals surface area contributed by atoms with Crippen LogP contribution in [0.1, 0.15) is 33.3 Å². The largest absolute Gasteiger partial charge is 0.375 e. The van der Waals surface area contributed by atoms with Crippen LogP contribution < -0.4 is 15.5 Å². The molecule has 0 radical (unpaired) electrons. The van der Waals surface area contributed by atoms with Crippen LogP contribution in [-0.4, -0.2) is 49.3 Å². The molecule has 0 aliphatic carbocycles. The number of morpholine rings is 1. The smallest absolute Gasteiger partial charge is 0.191 e. The van der Waals surface area contributed by atoms with Gasteiger partial charge >= 0.3 is 0 Å². The molecule has 2 N–H and O–H groups in total. The summed E-state index contributed by atoms with van der Waals surface area (Å²) >= 11 is 0. The SMILES string of the molecule is CN=C(NCc1ccc(N2CCOC(C)C2)nc1)NC(C)(C)C. The van der Waals surface area contributed by atoms with Crippen LogP contribution in [0.2, 0.25) is 0 Å². The van der Waals surface area contributed by atoms with Gasteiger partial charge in [0.15, 0.2) is 5.96 Å². The molecule has 0 aromatic carbocycles. The van der Waals surface area contributed by atoms with Gasteiger partial charge in [-0.1, -0.05) is 6.07 Å². The number of hydrogen-bond donors (Lipinski definition) is 2. The first-order valence-corrected chi connectivity index (χ1v) is 8.18. The van der Waals surface area contributed by atoms with Crippen molar-refractivity contribution in [3.05, 3.63) is 23.9 Å². The van der Waals surface area contributed by atoms with Crippen molar-refractivity contribution in [2.45, 2.75) is 45.9 Å². The molecule has 1 aliphatic rings. The summed E-state index contributed by atoms with van der Waals surface area (Å²) in [4.78, 5) is 11.1. The minimum Gasteiger partial charge on any atom is -0.375 e. The van der Waals surface area contributed by atoms with Gasteiger partial charge in [0, 0.05) is 38.4 Å². The van der Waals surface area contributed by atoms with Gasteiger partial charge in [-0.05, 0) is 39.3 Å². The Hall–Kier alpha value is -1.82. The second kappa shape index (κ2) is 7.64. The van der Waals surface area contributed by atoms with Crippen LogP contribution in [0.3, 0.4) is 0 Å². The Kier molecular flexibility index (Phi) is 5.82. The molecule has 1 aromatic heterocycles. The Morgan fingerprint density at radius 3 is 2.78 bits per heavy atom. The predicted octanol–water partition coefficient (Wildman–Crippen LogP) is 1.77. The summed E-state index contributed by atoms with van der Waals surface area (Å²) in [7, 11) is 1.78. The van der Waals surface area contributed by atoms with E-state index >= 15 is 0 Å². The second-order valence-electron chi connectivity index (χ2n) is 6.95. The highest BCUT2D eigenvalue weighted by Crippen LogP contribution is 2.15. The first-order valence-electron chi connectivity index (χ1n) is 8.18. The molecule has 1 unspecified atom stereocenters. The standard InChI is InChI=1S/C17H29N5O/c1-13-12-22(8-9-23-13)15-7-6-14(10-19-15)11-20-16(18-5)21-17(2,3)4/h6-7,10,13H,8-9,11-12H2,1-5H3,(H2,18,20,21). The molecule has 6 heteroatoms. The van der Waals surface area contributed by atoms with Gasteiger partial charge in [0.05, 0.1) is 12.7 Å². The van der Waals surface area contributed by atoms with Gasteiger partial charge in [-0.2, -0.15) is 0 Å². The van der Waals surface area contributed by atoms with Crippen molar-refractivity contribution in [3.8, 4) is 0 Å². The van der Waals surface area contributed by atoms with E-state index in [0.717, 1.165) is 37.0 Å². The van der Waals surface area contributed by atoms with E-state index in [1.165, 1.54) is 0 Å². The Balaban J connectivity index is 1.90. The highest BCUT2D eigenvalue weighted by atomic mass is 16.5. The summed E-state index contributed by atoms with van der Waals surface area (Å²) in [6.45, 7) is 11.7. The van der Waals surface area contributed by atoms with Crippen LogP contribution >= 0.6 is 0 Å². The van der Waals surface area contributed by atoms with Crippen molar-refractivity contribution in [1.82, 2.24) is 15.6 Å². The van der Waals surface area contributed by atoms with Gasteiger partial charge < -0.3 is 20.3 Å². The molecular weight excluding hydrogens is 290 g/mol. The molecule has 6 nitrogen and oxygen atoms in total. The third-order valence-electron chi connectivity index (χ3n) is 3.55. The lowest BCUT2D eigenvalue weighted by molar-refractivity contribution is 0.0529. The maximum absolute atomic E-state index is 5.57. The molecule has 0 bridgehead atoms. The van der Waals surface area contributed by atoms with Gasteiger partial charge in [-0.25, -0.2) is 4.98 Å². The second-order valence-corrected chi connectivity index (χ2v) is 6.95. The first-order chi connectivity index (χ1) is 10.9. The summed E-state index contributed by atoms with van der Waals surface area (Å²) in [6, 6.07) is 4.19. The lowest BCUT2D eigenvalue weighted by atomic mass is 10.1. The fourth-order valence-electron chi connectivity index (χ4n) is 2.45. The molecule has 1 aliphatic heterocycles. The quantitative estimate of drug-likeness (QED) is 0.657. The zero-order chi connectivity index (χ0) is 16.9. The molecule has 2 rings (SSSR count). The van der Waals surface area contributed by atoms with Gasteiger partial charge in [0.2, 0.25) is 0 Å². The summed E-state index contributed by atoms with van der Waals surface area (Å²) in [5.74, 6) is 1.81. The number of anilines is 1. The van der Waals surface area contributed by atoms with Gasteiger partial charge in [0.1, 0.15) is 5.82 Å². The minimum atomic E-state index is -0.0169. The summed E-state index contributed by atoms with van der Waals surface area (Å²) in [5.41, 5.74) is 1.11. The number of rotatable bonds is 3. The van der Waals surface area contributed by atoms with Crippen LogP contribution in [0.15, 0.2) is 23.3 Å². The molecule has 128 valence electrons. The maximum atomic E-state index is 5.57. The molecular formula is C17H29N5O. The number of aromatic nitrogens is 1. The van der Waals surface area contributed by atoms with Crippen molar-refractivity contribution < 1.29 is 4.74 Å². The van der Waals surface area contributed by atoms with Crippen molar-refractivity contribution in [3.63, 3.8) is 0 Å². The van der Waals surface area contributed by atoms with Gasteiger partial charge in [-0.3, -0.25) is 4.99 Å². The van der Waals surface area contributed by atoms with Crippen LogP contribution in [0, 0.1) is 0 Å². The number of nitrogens with zero attached hydrogens (tertiary/aromatic N) is 3. The van der Waals surface area contributed by atoms with Crippen molar-refractivity contribution in [2.24, 2.45) is 4.99 Å². The van der Waals surface area contributed by atoms with Crippen molar-refractivity contribution >= 4 is 11.8 Å². The van der Waals surface area contributed by atoms with E-state index in [1.54, 1.807) is 7.05 Å². The van der Waals surface area contributed by atoms with E-state index in [4.69, 9.17) is 4.74 Å². The molecule has 23 heavy (non-hydrogen) atoms. The Morgan fingerprint density at radius 1 is 1.43 bits per heavy atom. The molecule has 1 fully saturated rings. The maximum Gasteiger partial charge on any atom is 0.191 e. The number of guanidine groups is 1. The van der Waals surface area contributed by atoms with Gasteiger partial charge in [0.25, 0.3) is 0 Å². The van der Waals surface area contributed by atoms with Gasteiger partial charge in [-0.15, -0.1) is 0 Å². The molecule has 0 spiro atoms. The van der Waals surface area contributed by atoms with Crippen molar-refractivity contribution in [2.75, 3.05) is 31.6 Å². The average molecular weight is 319 g/mol. The Morgan fingerprint density at radius 2 is 2.22 bits per heavy atom. The molecule has 1 saturated heterocycles. The fourth-order valence-corrected chi connectivity index (χ4v) is 2.45. The minimum absolute atomic E-state index is 0.0169. The van der Waals surface area contributed by atoms with E-state index < -0.39 is 0 Å². The predicted molar refractivity (Wildman–Crippen MR) is 95.0 cm³/mol. The van der Waals surface area contributed by atoms with Crippen molar-refractivity contribution in [1.29, 1.82) is 0 Å². The number of aliphatic imine (C=N–C) groups is 1. The summed E-state index contributed by atoms with van der Waals surface area (Å²) in [6.07, 6.45) is 2.19. The number of nitrogens with one attached hydrogen (secondary N) is 2. The topological polar surface area (TPSA) is 61.8 Å². The van der Waals surface area contributed by atoms with E-state index in [1.807, 2.05) is 6.20 Å². The lowest BCUT2D eigenvalue weighted by Gasteiger charge is -2.32. The third-order valence-corrected chi connectivity index (χ3v) is 3.55. The molecule has 1 aromatic rings. The summed E-state index contributed by atoms with van der Waals surface area (Å²) in [5, 5.41) is 6.65. The first kappa shape index (κ1) is 17.5. The lowest BCUT2D eigenvalue weighted by Crippen LogP contribution is -2.47. The molecule has 2 heterocycles. The van der Waals surface area contributed by atoms with E-state index in [2.05, 4.69) is 65.3 Å². The zero-order valence-electron chi connectivity index (χ0n) is 14.9. The normalized spacial score (nSPS) is 19.6. The van der Waals surface area contributed by atoms with Crippen LogP contribution in [-0.2, 0) is 11.3 Å². The molecule has 1 atom stereocenters. The van der Waals surface area contributed by atoms with Crippen LogP contribution in [0.5, 0.6) is 0 Å². The monoisotopic (exact) mass is 319 g/mol. The van der Waals surface area contributed by atoms with E-state index in [0.29, 0.717) is 6.54 Å². The Bertz CT molecular complexity index is 521. The molecule has 0 amide bonds. The third kappa shape index (κ3) is 5.71. The number of pyridine rings is 1. The highest BCUT2D eigenvalue weighted by Gasteiger charge is 2.17. The van der Waals surface area contributed by atoms with E-state index in [-0.39, 0.29) is 11.6 Å². The van der Waals surface area contributed by atoms with Crippen LogP contribution in [0.4, 0.5) is 5.82 Å². The highest BCUT2D eigenvalue weighted by molar-refractivity contribution is 5.80. The Labute approximate surface area is 139 Å². The average Bonchev–Trinajstić information content (AvgIpc) is 2.51. The summed E-state index contributed by atoms with van der Waals surface area (Å²) < 4.78 is 5.57. The molecule has 0 saturated carbocycles. The number of hydrogen-bond acceptors (Lipinski definition) is 4.